The maximum absolute atomic E-state index is 14.2. The summed E-state index contributed by atoms with van der Waals surface area (Å²) in [6.45, 7) is 1.85. The van der Waals surface area contributed by atoms with Crippen molar-refractivity contribution in [2.45, 2.75) is 24.5 Å². The normalized spacial score (nSPS) is 21.1. The molecule has 1 unspecified atom stereocenters. The van der Waals surface area contributed by atoms with Crippen molar-refractivity contribution in [3.8, 4) is 0 Å². The van der Waals surface area contributed by atoms with Crippen LogP contribution in [0.1, 0.15) is 12.5 Å². The molecule has 1 aliphatic heterocycles. The molecule has 0 amide bonds. The number of aliphatic hydroxyl groups excluding tert-OH is 1. The van der Waals surface area contributed by atoms with Gasteiger partial charge >= 0.3 is 0 Å². The third-order valence-corrected chi connectivity index (χ3v) is 5.39. The van der Waals surface area contributed by atoms with Crippen LogP contribution < -0.4 is 0 Å². The number of nitrogens with zero attached hydrogens (tertiary/aromatic N) is 1. The monoisotopic (exact) mass is 367 g/mol. The molecule has 0 radical (unpaired) electrons. The lowest BCUT2D eigenvalue weighted by molar-refractivity contribution is 0.0101. The second kappa shape index (κ2) is 6.07. The molecule has 0 spiro atoms. The van der Waals surface area contributed by atoms with Gasteiger partial charge < -0.3 is 9.84 Å². The van der Waals surface area contributed by atoms with Crippen molar-refractivity contribution >= 4 is 26.0 Å². The van der Waals surface area contributed by atoms with Gasteiger partial charge in [0.05, 0.1) is 19.3 Å². The van der Waals surface area contributed by atoms with Crippen molar-refractivity contribution in [2.75, 3.05) is 19.7 Å². The van der Waals surface area contributed by atoms with Crippen LogP contribution in [-0.2, 0) is 21.4 Å². The van der Waals surface area contributed by atoms with Crippen molar-refractivity contribution in [3.05, 3.63) is 28.0 Å². The minimum absolute atomic E-state index is 0.0562. The van der Waals surface area contributed by atoms with Gasteiger partial charge in [0.25, 0.3) is 0 Å². The number of ether oxygens (including phenoxy) is 1. The number of morpholine rings is 1. The molecule has 1 atom stereocenters. The number of sulfonamides is 1. The Bertz CT molecular complexity index is 608. The van der Waals surface area contributed by atoms with Gasteiger partial charge in [-0.25, -0.2) is 12.8 Å². The highest BCUT2D eigenvalue weighted by Crippen LogP contribution is 2.27. The van der Waals surface area contributed by atoms with E-state index in [-0.39, 0.29) is 31.4 Å². The van der Waals surface area contributed by atoms with Crippen LogP contribution in [0, 0.1) is 5.82 Å². The fourth-order valence-electron chi connectivity index (χ4n) is 2.06. The van der Waals surface area contributed by atoms with Crippen molar-refractivity contribution in [3.63, 3.8) is 0 Å². The summed E-state index contributed by atoms with van der Waals surface area (Å²) in [6.07, 6.45) is -0.231. The highest BCUT2D eigenvalue weighted by atomic mass is 79.9. The summed E-state index contributed by atoms with van der Waals surface area (Å²) in [7, 11) is -3.94. The first-order valence-electron chi connectivity index (χ1n) is 6.06. The van der Waals surface area contributed by atoms with Crippen LogP contribution in [0.15, 0.2) is 21.5 Å². The molecule has 1 aromatic carbocycles. The van der Waals surface area contributed by atoms with E-state index >= 15 is 0 Å². The highest BCUT2D eigenvalue weighted by Gasteiger charge is 2.32. The Hall–Kier alpha value is -0.540. The maximum atomic E-state index is 14.2. The Morgan fingerprint density at radius 3 is 2.85 bits per heavy atom. The molecular formula is C12H15BrFNO4S. The third kappa shape index (κ3) is 3.04. The SMILES string of the molecule is CC1CN(S(=O)(=O)c2cc(Br)cc(CO)c2F)CCO1. The lowest BCUT2D eigenvalue weighted by atomic mass is 10.2. The lowest BCUT2D eigenvalue weighted by Gasteiger charge is -2.30. The number of benzene rings is 1. The summed E-state index contributed by atoms with van der Waals surface area (Å²) in [6, 6.07) is 2.57. The van der Waals surface area contributed by atoms with E-state index in [1.54, 1.807) is 6.92 Å². The van der Waals surface area contributed by atoms with E-state index in [1.807, 2.05) is 0 Å². The van der Waals surface area contributed by atoms with Crippen LogP contribution in [0.3, 0.4) is 0 Å². The predicted molar refractivity (Wildman–Crippen MR) is 74.2 cm³/mol. The summed E-state index contributed by atoms with van der Waals surface area (Å²) < 4.78 is 46.1. The molecular weight excluding hydrogens is 353 g/mol. The van der Waals surface area contributed by atoms with Crippen LogP contribution in [0.25, 0.3) is 0 Å². The van der Waals surface area contributed by atoms with Gasteiger partial charge in [-0.2, -0.15) is 4.31 Å². The Morgan fingerprint density at radius 2 is 2.25 bits per heavy atom. The minimum atomic E-state index is -3.94. The molecule has 5 nitrogen and oxygen atoms in total. The average Bonchev–Trinajstić information content (AvgIpc) is 2.40. The molecule has 8 heteroatoms. The Kier molecular flexibility index (Phi) is 4.80. The molecule has 1 N–H and O–H groups in total. The Morgan fingerprint density at radius 1 is 1.55 bits per heavy atom. The van der Waals surface area contributed by atoms with Gasteiger partial charge in [0.2, 0.25) is 10.0 Å². The number of hydrogen-bond acceptors (Lipinski definition) is 4. The second-order valence-electron chi connectivity index (χ2n) is 4.58. The zero-order valence-electron chi connectivity index (χ0n) is 10.8. The summed E-state index contributed by atoms with van der Waals surface area (Å²) in [4.78, 5) is -0.426. The van der Waals surface area contributed by atoms with Gasteiger partial charge in [0.1, 0.15) is 10.7 Å². The van der Waals surface area contributed by atoms with E-state index in [0.717, 1.165) is 0 Å². The first-order chi connectivity index (χ1) is 9.36. The summed E-state index contributed by atoms with van der Waals surface area (Å²) in [5, 5.41) is 9.10. The summed E-state index contributed by atoms with van der Waals surface area (Å²) >= 11 is 3.13. The van der Waals surface area contributed by atoms with Crippen molar-refractivity contribution < 1.29 is 22.7 Å². The molecule has 1 fully saturated rings. The zero-order valence-corrected chi connectivity index (χ0v) is 13.2. The molecule has 1 saturated heterocycles. The van der Waals surface area contributed by atoms with E-state index in [2.05, 4.69) is 15.9 Å². The van der Waals surface area contributed by atoms with Crippen molar-refractivity contribution in [1.82, 2.24) is 4.31 Å². The fraction of sp³-hybridized carbons (Fsp3) is 0.500. The van der Waals surface area contributed by atoms with Crippen LogP contribution in [0.4, 0.5) is 4.39 Å². The molecule has 2 rings (SSSR count). The second-order valence-corrected chi connectivity index (χ2v) is 7.40. The molecule has 112 valence electrons. The molecule has 0 saturated carbocycles. The molecule has 0 aliphatic carbocycles. The zero-order chi connectivity index (χ0) is 14.9. The highest BCUT2D eigenvalue weighted by molar-refractivity contribution is 9.10. The van der Waals surface area contributed by atoms with Crippen LogP contribution in [0.5, 0.6) is 0 Å². The van der Waals surface area contributed by atoms with Crippen LogP contribution in [0.2, 0.25) is 0 Å². The van der Waals surface area contributed by atoms with E-state index < -0.39 is 27.3 Å². The molecule has 1 heterocycles. The standard InChI is InChI=1S/C12H15BrFNO4S/c1-8-6-15(2-3-19-8)20(17,18)11-5-10(13)4-9(7-16)12(11)14/h4-5,8,16H,2-3,6-7H2,1H3. The summed E-state index contributed by atoms with van der Waals surface area (Å²) in [5.74, 6) is -0.908. The Balaban J connectivity index is 2.46. The quantitative estimate of drug-likeness (QED) is 0.878. The minimum Gasteiger partial charge on any atom is -0.392 e. The van der Waals surface area contributed by atoms with Gasteiger partial charge in [-0.05, 0) is 19.1 Å². The van der Waals surface area contributed by atoms with E-state index in [0.29, 0.717) is 4.47 Å². The van der Waals surface area contributed by atoms with E-state index in [9.17, 15) is 12.8 Å². The van der Waals surface area contributed by atoms with Crippen LogP contribution in [-0.4, -0.2) is 43.6 Å². The molecule has 1 aliphatic rings. The molecule has 20 heavy (non-hydrogen) atoms. The molecule has 0 bridgehead atoms. The lowest BCUT2D eigenvalue weighted by Crippen LogP contribution is -2.44. The number of halogens is 2. The van der Waals surface area contributed by atoms with Crippen molar-refractivity contribution in [1.29, 1.82) is 0 Å². The van der Waals surface area contributed by atoms with Gasteiger partial charge in [0, 0.05) is 23.1 Å². The van der Waals surface area contributed by atoms with Crippen LogP contribution >= 0.6 is 15.9 Å². The van der Waals surface area contributed by atoms with Gasteiger partial charge in [-0.1, -0.05) is 15.9 Å². The number of hydrogen-bond donors (Lipinski definition) is 1. The van der Waals surface area contributed by atoms with E-state index in [1.165, 1.54) is 16.4 Å². The number of rotatable bonds is 3. The predicted octanol–water partition coefficient (Wildman–Crippen LogP) is 1.49. The van der Waals surface area contributed by atoms with Gasteiger partial charge in [0.15, 0.2) is 0 Å². The number of aliphatic hydroxyl groups is 1. The largest absolute Gasteiger partial charge is 0.392 e. The topological polar surface area (TPSA) is 66.8 Å². The maximum Gasteiger partial charge on any atom is 0.246 e. The first kappa shape index (κ1) is 15.8. The average molecular weight is 368 g/mol. The van der Waals surface area contributed by atoms with Gasteiger partial charge in [-0.15, -0.1) is 0 Å². The molecule has 0 aromatic heterocycles. The third-order valence-electron chi connectivity index (χ3n) is 3.07. The van der Waals surface area contributed by atoms with Gasteiger partial charge in [-0.3, -0.25) is 0 Å². The molecule has 1 aromatic rings. The Labute approximate surface area is 125 Å². The fourth-order valence-corrected chi connectivity index (χ4v) is 4.35. The summed E-state index contributed by atoms with van der Waals surface area (Å²) in [5.41, 5.74) is -0.0562. The van der Waals surface area contributed by atoms with E-state index in [4.69, 9.17) is 9.84 Å². The smallest absolute Gasteiger partial charge is 0.246 e. The van der Waals surface area contributed by atoms with Crippen molar-refractivity contribution in [2.24, 2.45) is 0 Å². The first-order valence-corrected chi connectivity index (χ1v) is 8.30.